The molecule has 3 saturated carbocycles. The van der Waals surface area contributed by atoms with E-state index in [1.54, 1.807) is 45.0 Å². The molecule has 5 atom stereocenters. The number of benzene rings is 4. The van der Waals surface area contributed by atoms with E-state index in [-0.39, 0.29) is 43.0 Å². The number of thioether (sulfide) groups is 1. The van der Waals surface area contributed by atoms with Gasteiger partial charge in [-0.1, -0.05) is 102 Å². The van der Waals surface area contributed by atoms with Crippen LogP contribution in [0.15, 0.2) is 128 Å². The van der Waals surface area contributed by atoms with Gasteiger partial charge in [0.25, 0.3) is 25.8 Å². The summed E-state index contributed by atoms with van der Waals surface area (Å²) >= 11 is 2.94. The molecule has 12 rings (SSSR count). The zero-order valence-corrected chi connectivity index (χ0v) is 64.2. The molecule has 3 saturated heterocycles. The number of alkyl halides is 3. The van der Waals surface area contributed by atoms with E-state index in [2.05, 4.69) is 56.4 Å². The first-order valence-electron chi connectivity index (χ1n) is 36.5. The number of hydrogen-bond acceptors (Lipinski definition) is 17. The average molecular weight is 1510 g/mol. The van der Waals surface area contributed by atoms with E-state index in [0.29, 0.717) is 74.3 Å². The number of aromatic nitrogens is 1. The minimum atomic E-state index is -6.18. The number of unbranched alkanes of at least 4 members (excludes halogenated alkanes) is 1. The standard InChI is InChI=1S/C77H101F3N10O10S4/c1-9-75-47-76(48-75,49-75)62-43-74(7,8)31-29-56(62)44-87-35-37-88(38-36-87)58-25-23-55(24-26-58)70(94)85-104(99,100)61-27-28-63(65(42-61)103(97,98)77(78,79)80)83-57(46-101-60-15-11-10-12-16-60)30-32-86-33-39-89(40-34-86)67(93)18-14-13-17-66(92)84-69(73(4,5)6)72(96)90-45-59(91)41-64(90)71(95)82-51(2)53-19-21-54(22-20-53)68-52(3)81-50-102-68/h10-12,15-16,19-28,42,50-51,57,59,64,69,83,91H,9,13-14,17-18,29-41,43-49H2,1-8H3,(H,82,95)(H,84,92)(H,85,94)/t51-,57+,59+,64-,69+,75?,76?/m0/s1. The maximum absolute atomic E-state index is 14.6. The number of allylic oxidation sites excluding steroid dienone is 1. The fourth-order valence-electron chi connectivity index (χ4n) is 16.1. The molecule has 5 amide bonds. The Hall–Kier alpha value is -6.88. The van der Waals surface area contributed by atoms with Crippen molar-refractivity contribution in [3.63, 3.8) is 0 Å². The fourth-order valence-corrected chi connectivity index (χ4v) is 19.9. The lowest BCUT2D eigenvalue weighted by Crippen LogP contribution is -2.63. The molecule has 1 aromatic heterocycles. The van der Waals surface area contributed by atoms with E-state index in [0.717, 1.165) is 83.6 Å². The number of halogens is 3. The number of likely N-dealkylation sites (tertiary alicyclic amines) is 1. The molecular weight excluding hydrogens is 1410 g/mol. The van der Waals surface area contributed by atoms with Crippen molar-refractivity contribution in [2.75, 3.05) is 88.0 Å². The highest BCUT2D eigenvalue weighted by atomic mass is 32.2. The summed E-state index contributed by atoms with van der Waals surface area (Å²) in [6.45, 7) is 22.6. The van der Waals surface area contributed by atoms with E-state index < -0.39 is 100 Å². The second-order valence-corrected chi connectivity index (χ2v) is 37.0. The molecule has 104 heavy (non-hydrogen) atoms. The number of aliphatic hydroxyl groups is 1. The monoisotopic (exact) mass is 1510 g/mol. The van der Waals surface area contributed by atoms with Gasteiger partial charge < -0.3 is 35.8 Å². The van der Waals surface area contributed by atoms with Crippen molar-refractivity contribution in [2.24, 2.45) is 21.7 Å². The SMILES string of the molecule is CCC12CC(C3=C(CN4CCN(c5ccc(C(=O)NS(=O)(=O)c6ccc(N[C@H](CCN7CCN(C(=O)CCCCC(=O)N[C@H](C(=O)N8C[C@H](O)C[C@H]8C(=O)N[C@@H](C)c8ccc(-c9scnc9C)cc8)C(C)(C)C)CC7)CSc7ccccc7)c(S(=O)(=O)C(F)(F)F)c6)cc5)CC4)CCC(C)(C)C3)(C1)C2. The molecule has 4 aliphatic carbocycles. The number of anilines is 2. The number of amides is 5. The first kappa shape index (κ1) is 78.2. The highest BCUT2D eigenvalue weighted by Gasteiger charge is 2.68. The Morgan fingerprint density at radius 3 is 2.12 bits per heavy atom. The summed E-state index contributed by atoms with van der Waals surface area (Å²) in [6, 6.07) is 22.8. The third-order valence-corrected chi connectivity index (χ3v) is 27.3. The molecule has 3 aliphatic heterocycles. The summed E-state index contributed by atoms with van der Waals surface area (Å²) in [5.74, 6) is -2.20. The van der Waals surface area contributed by atoms with Crippen LogP contribution in [0.4, 0.5) is 24.5 Å². The Morgan fingerprint density at radius 1 is 0.817 bits per heavy atom. The largest absolute Gasteiger partial charge is 0.501 e. The summed E-state index contributed by atoms with van der Waals surface area (Å²) in [6.07, 6.45) is 9.14. The van der Waals surface area contributed by atoms with Crippen molar-refractivity contribution in [3.05, 3.63) is 131 Å². The number of nitrogens with one attached hydrogen (secondary N) is 4. The Labute approximate surface area is 619 Å². The summed E-state index contributed by atoms with van der Waals surface area (Å²) in [4.78, 5) is 82.9. The molecule has 564 valence electrons. The maximum atomic E-state index is 14.6. The van der Waals surface area contributed by atoms with Crippen LogP contribution in [0.25, 0.3) is 10.4 Å². The normalized spacial score (nSPS) is 22.6. The van der Waals surface area contributed by atoms with Gasteiger partial charge in [0.2, 0.25) is 23.6 Å². The van der Waals surface area contributed by atoms with Crippen molar-refractivity contribution in [1.82, 2.24) is 39.9 Å². The Morgan fingerprint density at radius 2 is 1.48 bits per heavy atom. The van der Waals surface area contributed by atoms with Crippen LogP contribution < -0.4 is 25.6 Å². The zero-order chi connectivity index (χ0) is 74.7. The topological polar surface area (TPSA) is 251 Å². The lowest BCUT2D eigenvalue weighted by molar-refractivity contribution is -0.182. The molecule has 0 radical (unpaired) electrons. The smallest absolute Gasteiger partial charge is 0.391 e. The number of carbonyl (C=O) groups excluding carboxylic acids is 5. The summed E-state index contributed by atoms with van der Waals surface area (Å²) in [5.41, 5.74) is 3.05. The van der Waals surface area contributed by atoms with E-state index in [1.807, 2.05) is 93.9 Å². The number of carbonyl (C=O) groups is 5. The molecule has 20 nitrogen and oxygen atoms in total. The number of β-amino-alcohol motifs (C(OH)–C–C–N with tert-alkyl or cyclic N) is 1. The molecule has 5 aromatic rings. The van der Waals surface area contributed by atoms with Crippen molar-refractivity contribution >= 4 is 83.9 Å². The fraction of sp³-hybridized carbons (Fsp3) is 0.558. The minimum Gasteiger partial charge on any atom is -0.391 e. The highest BCUT2D eigenvalue weighted by Crippen LogP contribution is 2.79. The van der Waals surface area contributed by atoms with Crippen LogP contribution in [0.2, 0.25) is 0 Å². The van der Waals surface area contributed by atoms with Crippen LogP contribution in [0.5, 0.6) is 0 Å². The van der Waals surface area contributed by atoms with Gasteiger partial charge in [-0.3, -0.25) is 33.8 Å². The third-order valence-electron chi connectivity index (χ3n) is 22.3. The Balaban J connectivity index is 0.650. The van der Waals surface area contributed by atoms with Crippen LogP contribution in [0.3, 0.4) is 0 Å². The van der Waals surface area contributed by atoms with Crippen molar-refractivity contribution in [3.8, 4) is 10.4 Å². The number of sulfonamides is 1. The van der Waals surface area contributed by atoms with Gasteiger partial charge in [-0.15, -0.1) is 23.1 Å². The van der Waals surface area contributed by atoms with Crippen LogP contribution in [-0.2, 0) is 39.0 Å². The zero-order valence-electron chi connectivity index (χ0n) is 61.0. The van der Waals surface area contributed by atoms with Gasteiger partial charge in [0, 0.05) is 119 Å². The lowest BCUT2D eigenvalue weighted by atomic mass is 9.31. The van der Waals surface area contributed by atoms with Gasteiger partial charge in [0.15, 0.2) is 0 Å². The van der Waals surface area contributed by atoms with Crippen molar-refractivity contribution < 1.29 is 59.1 Å². The van der Waals surface area contributed by atoms with E-state index in [1.165, 1.54) is 67.3 Å². The molecule has 5 N–H and O–H groups in total. The summed E-state index contributed by atoms with van der Waals surface area (Å²) in [5, 5.41) is 19.7. The van der Waals surface area contributed by atoms with Crippen LogP contribution >= 0.6 is 23.1 Å². The molecule has 0 unspecified atom stereocenters. The molecular formula is C77H101F3N10O10S4. The molecule has 27 heteroatoms. The Bertz CT molecular complexity index is 4170. The second-order valence-electron chi connectivity index (χ2n) is 31.5. The van der Waals surface area contributed by atoms with Gasteiger partial charge in [0.1, 0.15) is 17.0 Å². The highest BCUT2D eigenvalue weighted by molar-refractivity contribution is 7.99. The van der Waals surface area contributed by atoms with E-state index in [9.17, 15) is 59.1 Å². The van der Waals surface area contributed by atoms with Crippen LogP contribution in [0, 0.1) is 28.6 Å². The second kappa shape index (κ2) is 31.9. The average Bonchev–Trinajstić information content (AvgIpc) is 0.679. The van der Waals surface area contributed by atoms with Crippen LogP contribution in [0.1, 0.15) is 160 Å². The first-order chi connectivity index (χ1) is 49.1. The van der Waals surface area contributed by atoms with Gasteiger partial charge in [-0.25, -0.2) is 26.5 Å². The molecule has 4 aromatic carbocycles. The number of aryl methyl sites for hydroxylation is 1. The third kappa shape index (κ3) is 18.2. The van der Waals surface area contributed by atoms with Gasteiger partial charge in [0.05, 0.1) is 38.8 Å². The van der Waals surface area contributed by atoms with Gasteiger partial charge in [-0.2, -0.15) is 13.2 Å². The number of rotatable bonds is 28. The van der Waals surface area contributed by atoms with Gasteiger partial charge in [-0.05, 0) is 159 Å². The van der Waals surface area contributed by atoms with Crippen molar-refractivity contribution in [1.29, 1.82) is 0 Å². The number of aliphatic hydroxyl groups excluding tert-OH is 1. The molecule has 0 spiro atoms. The first-order valence-corrected chi connectivity index (χ1v) is 41.3. The lowest BCUT2D eigenvalue weighted by Gasteiger charge is -2.73. The Kier molecular flexibility index (Phi) is 24.0. The number of sulfone groups is 1. The number of nitrogens with zero attached hydrogens (tertiary/aromatic N) is 6. The van der Waals surface area contributed by atoms with Crippen LogP contribution in [-0.4, -0.2) is 184 Å². The molecule has 4 heterocycles. The molecule has 6 fully saturated rings. The maximum Gasteiger partial charge on any atom is 0.501 e. The molecule has 7 aliphatic rings. The van der Waals surface area contributed by atoms with Gasteiger partial charge >= 0.3 is 5.51 Å². The number of piperazine rings is 2. The predicted molar refractivity (Wildman–Crippen MR) is 400 cm³/mol. The van der Waals surface area contributed by atoms with Crippen molar-refractivity contribution in [2.45, 2.75) is 189 Å². The van der Waals surface area contributed by atoms with E-state index >= 15 is 0 Å². The summed E-state index contributed by atoms with van der Waals surface area (Å²) in [7, 11) is -11.1. The van der Waals surface area contributed by atoms with E-state index in [4.69, 9.17) is 0 Å². The number of hydrogen-bond donors (Lipinski definition) is 5. The quantitative estimate of drug-likeness (QED) is 0.0177. The summed E-state index contributed by atoms with van der Waals surface area (Å²) < 4.78 is 100. The predicted octanol–water partition coefficient (Wildman–Crippen LogP) is 11.8. The molecule has 2 bridgehead atoms. The minimum absolute atomic E-state index is 0.0204. The number of thiazole rings is 1.